The maximum atomic E-state index is 12.6. The molecule has 1 aromatic heterocycles. The average molecular weight is 357 g/mol. The fourth-order valence-corrected chi connectivity index (χ4v) is 2.44. The number of halogens is 3. The van der Waals surface area contributed by atoms with Gasteiger partial charge in [0.1, 0.15) is 5.82 Å². The highest BCUT2D eigenvalue weighted by atomic mass is 19.4. The third-order valence-electron chi connectivity index (χ3n) is 3.87. The van der Waals surface area contributed by atoms with Gasteiger partial charge in [0, 0.05) is 23.5 Å². The lowest BCUT2D eigenvalue weighted by Crippen LogP contribution is -2.15. The molecular formula is C19H14F3N3O. The Morgan fingerprint density at radius 3 is 1.88 bits per heavy atom. The Hall–Kier alpha value is -3.06. The van der Waals surface area contributed by atoms with Crippen LogP contribution in [-0.4, -0.2) is 15.8 Å². The van der Waals surface area contributed by atoms with E-state index in [2.05, 4.69) is 9.97 Å². The second-order valence-electron chi connectivity index (χ2n) is 5.61. The third-order valence-corrected chi connectivity index (χ3v) is 3.87. The van der Waals surface area contributed by atoms with Crippen molar-refractivity contribution in [3.63, 3.8) is 0 Å². The predicted octanol–water partition coefficient (Wildman–Crippen LogP) is 3.77. The van der Waals surface area contributed by atoms with Crippen LogP contribution in [0.2, 0.25) is 0 Å². The van der Waals surface area contributed by atoms with Crippen LogP contribution in [0.25, 0.3) is 0 Å². The Morgan fingerprint density at radius 1 is 0.885 bits per heavy atom. The lowest BCUT2D eigenvalue weighted by molar-refractivity contribution is -0.137. The van der Waals surface area contributed by atoms with Crippen molar-refractivity contribution in [3.8, 4) is 0 Å². The number of ketones is 1. The number of nitrogens with zero attached hydrogens (tertiary/aromatic N) is 2. The summed E-state index contributed by atoms with van der Waals surface area (Å²) in [4.78, 5) is 20.6. The van der Waals surface area contributed by atoms with E-state index in [1.165, 1.54) is 12.1 Å². The average Bonchev–Trinajstić information content (AvgIpc) is 2.67. The zero-order valence-electron chi connectivity index (χ0n) is 13.4. The van der Waals surface area contributed by atoms with Gasteiger partial charge in [-0.3, -0.25) is 4.79 Å². The van der Waals surface area contributed by atoms with Gasteiger partial charge in [-0.25, -0.2) is 9.97 Å². The number of benzene rings is 2. The summed E-state index contributed by atoms with van der Waals surface area (Å²) in [5, 5.41) is 0. The molecule has 0 saturated carbocycles. The zero-order chi connectivity index (χ0) is 18.7. The van der Waals surface area contributed by atoms with Crippen molar-refractivity contribution in [1.29, 1.82) is 0 Å². The standard InChI is InChI=1S/C19H14F3N3O/c20-19(21,22)15-8-6-14(7-9-15)17(26)13-4-2-12(3-5-13)16(23)18-24-10-1-11-25-18/h1-11,16H,23H2. The number of carbonyl (C=O) groups is 1. The molecule has 2 aromatic carbocycles. The Bertz CT molecular complexity index is 892. The smallest absolute Gasteiger partial charge is 0.318 e. The molecule has 0 saturated heterocycles. The van der Waals surface area contributed by atoms with Crippen LogP contribution in [-0.2, 0) is 6.18 Å². The topological polar surface area (TPSA) is 68.9 Å². The summed E-state index contributed by atoms with van der Waals surface area (Å²) < 4.78 is 37.8. The van der Waals surface area contributed by atoms with Crippen LogP contribution >= 0.6 is 0 Å². The number of hydrogen-bond donors (Lipinski definition) is 1. The molecule has 0 fully saturated rings. The normalized spacial score (nSPS) is 12.6. The van der Waals surface area contributed by atoms with E-state index in [0.29, 0.717) is 11.4 Å². The Balaban J connectivity index is 1.79. The molecule has 7 heteroatoms. The first-order chi connectivity index (χ1) is 12.4. The highest BCUT2D eigenvalue weighted by Gasteiger charge is 2.30. The third kappa shape index (κ3) is 3.78. The fraction of sp³-hybridized carbons (Fsp3) is 0.105. The molecule has 0 spiro atoms. The molecule has 3 aromatic rings. The number of rotatable bonds is 4. The lowest BCUT2D eigenvalue weighted by Gasteiger charge is -2.11. The molecule has 0 aliphatic rings. The van der Waals surface area contributed by atoms with Crippen molar-refractivity contribution in [1.82, 2.24) is 9.97 Å². The molecule has 0 aliphatic heterocycles. The van der Waals surface area contributed by atoms with Crippen molar-refractivity contribution in [2.24, 2.45) is 5.73 Å². The quantitative estimate of drug-likeness (QED) is 0.722. The van der Waals surface area contributed by atoms with Gasteiger partial charge in [-0.1, -0.05) is 36.4 Å². The zero-order valence-corrected chi connectivity index (χ0v) is 13.4. The van der Waals surface area contributed by atoms with Gasteiger partial charge >= 0.3 is 6.18 Å². The second kappa shape index (κ2) is 7.05. The van der Waals surface area contributed by atoms with Gasteiger partial charge in [-0.2, -0.15) is 13.2 Å². The van der Waals surface area contributed by atoms with E-state index in [4.69, 9.17) is 5.73 Å². The largest absolute Gasteiger partial charge is 0.416 e. The minimum atomic E-state index is -4.43. The Kier molecular flexibility index (Phi) is 4.81. The minimum Gasteiger partial charge on any atom is -0.318 e. The van der Waals surface area contributed by atoms with E-state index >= 15 is 0 Å². The van der Waals surface area contributed by atoms with Gasteiger partial charge in [0.2, 0.25) is 0 Å². The van der Waals surface area contributed by atoms with Crippen LogP contribution in [0.1, 0.15) is 38.9 Å². The second-order valence-corrected chi connectivity index (χ2v) is 5.61. The summed E-state index contributed by atoms with van der Waals surface area (Å²) in [7, 11) is 0. The van der Waals surface area contributed by atoms with Crippen LogP contribution in [0.5, 0.6) is 0 Å². The SMILES string of the molecule is NC(c1ccc(C(=O)c2ccc(C(F)(F)F)cc2)cc1)c1ncccn1. The van der Waals surface area contributed by atoms with Crippen LogP contribution in [0, 0.1) is 0 Å². The van der Waals surface area contributed by atoms with Gasteiger partial charge in [0.25, 0.3) is 0 Å². The monoisotopic (exact) mass is 357 g/mol. The van der Waals surface area contributed by atoms with E-state index in [0.717, 1.165) is 17.7 Å². The van der Waals surface area contributed by atoms with Crippen molar-refractivity contribution in [2.75, 3.05) is 0 Å². The molecule has 0 amide bonds. The molecule has 1 heterocycles. The molecule has 0 aliphatic carbocycles. The van der Waals surface area contributed by atoms with Gasteiger partial charge in [0.15, 0.2) is 5.78 Å². The highest BCUT2D eigenvalue weighted by molar-refractivity contribution is 6.09. The van der Waals surface area contributed by atoms with Crippen molar-refractivity contribution in [2.45, 2.75) is 12.2 Å². The first-order valence-electron chi connectivity index (χ1n) is 7.70. The molecule has 3 rings (SSSR count). The highest BCUT2D eigenvalue weighted by Crippen LogP contribution is 2.29. The number of alkyl halides is 3. The first-order valence-corrected chi connectivity index (χ1v) is 7.70. The summed E-state index contributed by atoms with van der Waals surface area (Å²) in [5.74, 6) is 0.0872. The van der Waals surface area contributed by atoms with Crippen molar-refractivity contribution in [3.05, 3.63) is 95.1 Å². The Morgan fingerprint density at radius 2 is 1.38 bits per heavy atom. The summed E-state index contributed by atoms with van der Waals surface area (Å²) >= 11 is 0. The minimum absolute atomic E-state index is 0.182. The number of carbonyl (C=O) groups excluding carboxylic acids is 1. The summed E-state index contributed by atoms with van der Waals surface area (Å²) in [5.41, 5.74) is 6.56. The van der Waals surface area contributed by atoms with E-state index in [1.54, 1.807) is 42.7 Å². The number of nitrogens with two attached hydrogens (primary N) is 1. The van der Waals surface area contributed by atoms with Crippen molar-refractivity contribution >= 4 is 5.78 Å². The maximum absolute atomic E-state index is 12.6. The van der Waals surface area contributed by atoms with Crippen LogP contribution in [0.3, 0.4) is 0 Å². The van der Waals surface area contributed by atoms with E-state index in [1.807, 2.05) is 0 Å². The van der Waals surface area contributed by atoms with E-state index in [9.17, 15) is 18.0 Å². The van der Waals surface area contributed by atoms with Gasteiger partial charge < -0.3 is 5.73 Å². The summed E-state index contributed by atoms with van der Waals surface area (Å²) in [6.45, 7) is 0. The van der Waals surface area contributed by atoms with Crippen LogP contribution < -0.4 is 5.73 Å². The van der Waals surface area contributed by atoms with Gasteiger partial charge in [0.05, 0.1) is 11.6 Å². The Labute approximate surface area is 147 Å². The summed E-state index contributed by atoms with van der Waals surface area (Å²) in [6, 6.07) is 11.8. The molecule has 0 bridgehead atoms. The first kappa shape index (κ1) is 17.8. The van der Waals surface area contributed by atoms with Gasteiger partial charge in [-0.05, 0) is 23.8 Å². The molecule has 0 radical (unpaired) electrons. The molecule has 132 valence electrons. The number of hydrogen-bond acceptors (Lipinski definition) is 4. The van der Waals surface area contributed by atoms with E-state index < -0.39 is 17.8 Å². The molecule has 1 unspecified atom stereocenters. The molecule has 2 N–H and O–H groups in total. The van der Waals surface area contributed by atoms with E-state index in [-0.39, 0.29) is 11.3 Å². The van der Waals surface area contributed by atoms with Gasteiger partial charge in [-0.15, -0.1) is 0 Å². The van der Waals surface area contributed by atoms with Crippen LogP contribution in [0.15, 0.2) is 67.0 Å². The lowest BCUT2D eigenvalue weighted by atomic mass is 9.99. The maximum Gasteiger partial charge on any atom is 0.416 e. The number of aromatic nitrogens is 2. The van der Waals surface area contributed by atoms with Crippen LogP contribution in [0.4, 0.5) is 13.2 Å². The van der Waals surface area contributed by atoms with Crippen molar-refractivity contribution < 1.29 is 18.0 Å². The molecule has 4 nitrogen and oxygen atoms in total. The summed E-state index contributed by atoms with van der Waals surface area (Å²) in [6.07, 6.45) is -1.26. The molecule has 1 atom stereocenters. The molecule has 26 heavy (non-hydrogen) atoms. The fourth-order valence-electron chi connectivity index (χ4n) is 2.44. The predicted molar refractivity (Wildman–Crippen MR) is 89.4 cm³/mol. The molecular weight excluding hydrogens is 343 g/mol.